The van der Waals surface area contributed by atoms with Crippen LogP contribution in [0, 0.1) is 26.2 Å². The van der Waals surface area contributed by atoms with Gasteiger partial charge in [-0.2, -0.15) is 0 Å². The number of rotatable bonds is 1. The lowest BCUT2D eigenvalue weighted by Crippen LogP contribution is -2.08. The van der Waals surface area contributed by atoms with Crippen LogP contribution in [0.4, 0.5) is 0 Å². The summed E-state index contributed by atoms with van der Waals surface area (Å²) >= 11 is 0. The standard InChI is InChI=1S/C11H13N/c1-4-11(12)10-6-5-8(2)7-9(10)3/h1,5-7,11H,12H2,2-3H3. The Bertz CT molecular complexity index is 320. The van der Waals surface area contributed by atoms with Gasteiger partial charge in [-0.1, -0.05) is 29.7 Å². The number of hydrogen-bond donors (Lipinski definition) is 1. The maximum Gasteiger partial charge on any atom is 0.0920 e. The second-order valence-electron chi connectivity index (χ2n) is 3.00. The van der Waals surface area contributed by atoms with Gasteiger partial charge in [-0.25, -0.2) is 0 Å². The first-order valence-corrected chi connectivity index (χ1v) is 3.94. The van der Waals surface area contributed by atoms with E-state index in [0.29, 0.717) is 0 Å². The quantitative estimate of drug-likeness (QED) is 0.622. The molecule has 2 N–H and O–H groups in total. The first-order valence-electron chi connectivity index (χ1n) is 3.94. The fraction of sp³-hybridized carbons (Fsp3) is 0.273. The van der Waals surface area contributed by atoms with E-state index in [1.165, 1.54) is 11.1 Å². The van der Waals surface area contributed by atoms with Crippen LogP contribution in [0.3, 0.4) is 0 Å². The predicted octanol–water partition coefficient (Wildman–Crippen LogP) is 1.94. The molecule has 0 radical (unpaired) electrons. The Balaban J connectivity index is 3.11. The summed E-state index contributed by atoms with van der Waals surface area (Å²) in [5.74, 6) is 2.52. The van der Waals surface area contributed by atoms with Crippen molar-refractivity contribution in [2.24, 2.45) is 5.73 Å². The highest BCUT2D eigenvalue weighted by Crippen LogP contribution is 2.15. The molecule has 12 heavy (non-hydrogen) atoms. The van der Waals surface area contributed by atoms with Crippen molar-refractivity contribution in [1.29, 1.82) is 0 Å². The molecular weight excluding hydrogens is 146 g/mol. The Labute approximate surface area is 73.6 Å². The average molecular weight is 159 g/mol. The van der Waals surface area contributed by atoms with Crippen LogP contribution in [0.15, 0.2) is 18.2 Å². The largest absolute Gasteiger partial charge is 0.314 e. The molecule has 1 rings (SSSR count). The Morgan fingerprint density at radius 2 is 2.08 bits per heavy atom. The van der Waals surface area contributed by atoms with Crippen molar-refractivity contribution >= 4 is 0 Å². The molecule has 1 nitrogen and oxygen atoms in total. The van der Waals surface area contributed by atoms with Crippen LogP contribution >= 0.6 is 0 Å². The summed E-state index contributed by atoms with van der Waals surface area (Å²) in [6.45, 7) is 4.08. The molecule has 0 spiro atoms. The normalized spacial score (nSPS) is 12.2. The first kappa shape index (κ1) is 8.83. The van der Waals surface area contributed by atoms with E-state index in [1.54, 1.807) is 0 Å². The minimum Gasteiger partial charge on any atom is -0.314 e. The van der Waals surface area contributed by atoms with Crippen molar-refractivity contribution in [3.8, 4) is 12.3 Å². The summed E-state index contributed by atoms with van der Waals surface area (Å²) in [6, 6.07) is 5.84. The summed E-state index contributed by atoms with van der Waals surface area (Å²) < 4.78 is 0. The molecule has 1 heteroatoms. The van der Waals surface area contributed by atoms with Crippen molar-refractivity contribution in [3.63, 3.8) is 0 Å². The summed E-state index contributed by atoms with van der Waals surface area (Å²) in [7, 11) is 0. The zero-order valence-electron chi connectivity index (χ0n) is 7.46. The summed E-state index contributed by atoms with van der Waals surface area (Å²) in [5, 5.41) is 0. The number of benzene rings is 1. The topological polar surface area (TPSA) is 26.0 Å². The van der Waals surface area contributed by atoms with Gasteiger partial charge in [0.1, 0.15) is 0 Å². The maximum absolute atomic E-state index is 5.71. The van der Waals surface area contributed by atoms with Crippen molar-refractivity contribution in [1.82, 2.24) is 0 Å². The van der Waals surface area contributed by atoms with E-state index in [9.17, 15) is 0 Å². The Hall–Kier alpha value is -1.26. The second kappa shape index (κ2) is 3.42. The Morgan fingerprint density at radius 3 is 2.58 bits per heavy atom. The highest BCUT2D eigenvalue weighted by molar-refractivity contribution is 5.35. The van der Waals surface area contributed by atoms with Gasteiger partial charge in [0, 0.05) is 0 Å². The van der Waals surface area contributed by atoms with Gasteiger partial charge in [0.25, 0.3) is 0 Å². The number of terminal acetylenes is 1. The van der Waals surface area contributed by atoms with Gasteiger partial charge in [-0.05, 0) is 25.0 Å². The second-order valence-corrected chi connectivity index (χ2v) is 3.00. The lowest BCUT2D eigenvalue weighted by molar-refractivity contribution is 0.931. The molecule has 0 saturated heterocycles. The molecule has 0 fully saturated rings. The van der Waals surface area contributed by atoms with Gasteiger partial charge >= 0.3 is 0 Å². The molecule has 1 aromatic carbocycles. The van der Waals surface area contributed by atoms with E-state index in [0.717, 1.165) is 5.56 Å². The summed E-state index contributed by atoms with van der Waals surface area (Å²) in [6.07, 6.45) is 5.24. The molecule has 1 atom stereocenters. The SMILES string of the molecule is C#CC(N)c1ccc(C)cc1C. The van der Waals surface area contributed by atoms with E-state index >= 15 is 0 Å². The molecule has 0 aliphatic carbocycles. The van der Waals surface area contributed by atoms with E-state index in [-0.39, 0.29) is 6.04 Å². The lowest BCUT2D eigenvalue weighted by Gasteiger charge is -2.08. The van der Waals surface area contributed by atoms with Gasteiger partial charge in [-0.3, -0.25) is 0 Å². The van der Waals surface area contributed by atoms with Crippen LogP contribution in [0.2, 0.25) is 0 Å². The van der Waals surface area contributed by atoms with Gasteiger partial charge < -0.3 is 5.73 Å². The summed E-state index contributed by atoms with van der Waals surface area (Å²) in [4.78, 5) is 0. The molecular formula is C11H13N. The smallest absolute Gasteiger partial charge is 0.0920 e. The first-order chi connectivity index (χ1) is 5.65. The molecule has 0 saturated carbocycles. The molecule has 0 aliphatic heterocycles. The zero-order valence-corrected chi connectivity index (χ0v) is 7.46. The Kier molecular flexibility index (Phi) is 2.52. The molecule has 1 unspecified atom stereocenters. The molecule has 62 valence electrons. The highest BCUT2D eigenvalue weighted by atomic mass is 14.6. The van der Waals surface area contributed by atoms with Gasteiger partial charge in [0.15, 0.2) is 0 Å². The van der Waals surface area contributed by atoms with Crippen molar-refractivity contribution in [2.45, 2.75) is 19.9 Å². The third-order valence-corrected chi connectivity index (χ3v) is 1.94. The summed E-state index contributed by atoms with van der Waals surface area (Å²) in [5.41, 5.74) is 9.16. The van der Waals surface area contributed by atoms with Crippen LogP contribution in [-0.4, -0.2) is 0 Å². The van der Waals surface area contributed by atoms with Crippen LogP contribution in [-0.2, 0) is 0 Å². The molecule has 0 aliphatic rings. The fourth-order valence-corrected chi connectivity index (χ4v) is 1.26. The highest BCUT2D eigenvalue weighted by Gasteiger charge is 2.04. The van der Waals surface area contributed by atoms with E-state index in [4.69, 9.17) is 12.2 Å². The molecule has 1 aromatic rings. The monoisotopic (exact) mass is 159 g/mol. The van der Waals surface area contributed by atoms with Gasteiger partial charge in [0.2, 0.25) is 0 Å². The van der Waals surface area contributed by atoms with Crippen LogP contribution in [0.5, 0.6) is 0 Å². The molecule has 0 amide bonds. The minimum atomic E-state index is -0.273. The van der Waals surface area contributed by atoms with E-state index in [2.05, 4.69) is 18.9 Å². The van der Waals surface area contributed by atoms with Crippen molar-refractivity contribution in [2.75, 3.05) is 0 Å². The van der Waals surface area contributed by atoms with Gasteiger partial charge in [-0.15, -0.1) is 6.42 Å². The van der Waals surface area contributed by atoms with E-state index in [1.807, 2.05) is 19.1 Å². The average Bonchev–Trinajstić information content (AvgIpc) is 2.03. The lowest BCUT2D eigenvalue weighted by atomic mass is 10.0. The third kappa shape index (κ3) is 1.66. The van der Waals surface area contributed by atoms with E-state index < -0.39 is 0 Å². The van der Waals surface area contributed by atoms with Crippen LogP contribution in [0.1, 0.15) is 22.7 Å². The molecule has 0 bridgehead atoms. The number of aryl methyl sites for hydroxylation is 2. The number of hydrogen-bond acceptors (Lipinski definition) is 1. The van der Waals surface area contributed by atoms with Crippen molar-refractivity contribution < 1.29 is 0 Å². The number of nitrogens with two attached hydrogens (primary N) is 1. The predicted molar refractivity (Wildman–Crippen MR) is 51.7 cm³/mol. The van der Waals surface area contributed by atoms with Crippen molar-refractivity contribution in [3.05, 3.63) is 34.9 Å². The van der Waals surface area contributed by atoms with Gasteiger partial charge in [0.05, 0.1) is 6.04 Å². The minimum absolute atomic E-state index is 0.273. The zero-order chi connectivity index (χ0) is 9.14. The third-order valence-electron chi connectivity index (χ3n) is 1.94. The molecule has 0 heterocycles. The van der Waals surface area contributed by atoms with Crippen LogP contribution < -0.4 is 5.73 Å². The fourth-order valence-electron chi connectivity index (χ4n) is 1.26. The maximum atomic E-state index is 5.71. The van der Waals surface area contributed by atoms with Crippen LogP contribution in [0.25, 0.3) is 0 Å². The molecule has 0 aromatic heterocycles. The Morgan fingerprint density at radius 1 is 1.42 bits per heavy atom.